The van der Waals surface area contributed by atoms with E-state index in [1.807, 2.05) is 72.2 Å². The molecule has 4 aromatic rings. The first-order valence-electron chi connectivity index (χ1n) is 11.1. The molecular weight excluding hydrogens is 498 g/mol. The van der Waals surface area contributed by atoms with Crippen molar-refractivity contribution in [1.29, 1.82) is 0 Å². The molecule has 0 fully saturated rings. The van der Waals surface area contributed by atoms with Crippen molar-refractivity contribution in [2.45, 2.75) is 12.1 Å². The highest BCUT2D eigenvalue weighted by Gasteiger charge is 2.17. The summed E-state index contributed by atoms with van der Waals surface area (Å²) in [5.74, 6) is 2.00. The molecule has 0 aliphatic heterocycles. The molecule has 36 heavy (non-hydrogen) atoms. The van der Waals surface area contributed by atoms with Crippen molar-refractivity contribution in [1.82, 2.24) is 20.2 Å². The van der Waals surface area contributed by atoms with Gasteiger partial charge in [0.1, 0.15) is 11.5 Å². The number of thioether (sulfide) groups is 1. The van der Waals surface area contributed by atoms with Crippen molar-refractivity contribution < 1.29 is 14.3 Å². The number of nitrogens with one attached hydrogen (secondary N) is 1. The van der Waals surface area contributed by atoms with Crippen LogP contribution < -0.4 is 14.9 Å². The van der Waals surface area contributed by atoms with Gasteiger partial charge in [-0.1, -0.05) is 23.4 Å². The van der Waals surface area contributed by atoms with E-state index in [1.165, 1.54) is 11.8 Å². The van der Waals surface area contributed by atoms with Gasteiger partial charge >= 0.3 is 0 Å². The minimum absolute atomic E-state index is 0.107. The zero-order valence-corrected chi connectivity index (χ0v) is 21.3. The third-order valence-corrected chi connectivity index (χ3v) is 6.17. The van der Waals surface area contributed by atoms with E-state index in [0.717, 1.165) is 28.3 Å². The number of hydrogen-bond donors (Lipinski definition) is 1. The molecule has 0 bridgehead atoms. The summed E-state index contributed by atoms with van der Waals surface area (Å²) in [6.45, 7) is 2.52. The van der Waals surface area contributed by atoms with Crippen LogP contribution in [0.2, 0.25) is 5.02 Å². The predicted octanol–water partition coefficient (Wildman–Crippen LogP) is 5.24. The maximum absolute atomic E-state index is 12.4. The Hall–Kier alpha value is -3.82. The summed E-state index contributed by atoms with van der Waals surface area (Å²) >= 11 is 7.33. The van der Waals surface area contributed by atoms with E-state index < -0.39 is 0 Å². The summed E-state index contributed by atoms with van der Waals surface area (Å²) in [4.78, 5) is 12.4. The van der Waals surface area contributed by atoms with Crippen LogP contribution in [-0.2, 0) is 4.79 Å². The Bertz CT molecular complexity index is 1320. The van der Waals surface area contributed by atoms with Crippen LogP contribution in [0, 0.1) is 0 Å². The molecule has 0 unspecified atom stereocenters. The Kier molecular flexibility index (Phi) is 8.59. The molecule has 0 radical (unpaired) electrons. The highest BCUT2D eigenvalue weighted by Crippen LogP contribution is 2.29. The molecular formula is C26H24ClN5O3S. The van der Waals surface area contributed by atoms with Crippen molar-refractivity contribution in [3.05, 3.63) is 83.4 Å². The number of rotatable bonds is 10. The number of aromatic nitrogens is 3. The normalized spacial score (nSPS) is 11.0. The maximum Gasteiger partial charge on any atom is 0.250 e. The third kappa shape index (κ3) is 6.44. The van der Waals surface area contributed by atoms with Gasteiger partial charge in [0, 0.05) is 16.3 Å². The van der Waals surface area contributed by atoms with Gasteiger partial charge in [0.15, 0.2) is 11.0 Å². The molecule has 184 valence electrons. The van der Waals surface area contributed by atoms with Crippen LogP contribution in [0.1, 0.15) is 12.5 Å². The average molecular weight is 522 g/mol. The van der Waals surface area contributed by atoms with E-state index in [2.05, 4.69) is 20.7 Å². The van der Waals surface area contributed by atoms with Crippen molar-refractivity contribution in [2.24, 2.45) is 5.10 Å². The van der Waals surface area contributed by atoms with E-state index in [4.69, 9.17) is 21.1 Å². The molecule has 4 rings (SSSR count). The number of hydrazone groups is 1. The van der Waals surface area contributed by atoms with Gasteiger partial charge in [-0.25, -0.2) is 5.43 Å². The van der Waals surface area contributed by atoms with Gasteiger partial charge in [0.05, 0.1) is 25.7 Å². The standard InChI is InChI=1S/C26H24ClN5O3S/c1-3-35-23-14-10-21(11-15-23)32-25(19-6-8-20(27)9-7-19)30-31-26(32)36-17-24(33)29-28-16-18-4-12-22(34-2)13-5-18/h4-16H,3,17H2,1-2H3,(H,29,33)/b28-16-. The molecule has 0 atom stereocenters. The third-order valence-electron chi connectivity index (χ3n) is 4.99. The molecule has 1 aromatic heterocycles. The SMILES string of the molecule is CCOc1ccc(-n2c(SCC(=O)N/N=C\c3ccc(OC)cc3)nnc2-c2ccc(Cl)cc2)cc1. The van der Waals surface area contributed by atoms with Crippen molar-refractivity contribution >= 4 is 35.5 Å². The Balaban J connectivity index is 1.50. The topological polar surface area (TPSA) is 90.6 Å². The minimum atomic E-state index is -0.265. The molecule has 10 heteroatoms. The fourth-order valence-corrected chi connectivity index (χ4v) is 4.14. The van der Waals surface area contributed by atoms with Crippen LogP contribution in [0.5, 0.6) is 11.5 Å². The lowest BCUT2D eigenvalue weighted by Gasteiger charge is -2.11. The van der Waals surface area contributed by atoms with Gasteiger partial charge in [-0.15, -0.1) is 10.2 Å². The first-order chi connectivity index (χ1) is 17.6. The van der Waals surface area contributed by atoms with Crippen molar-refractivity contribution in [2.75, 3.05) is 19.5 Å². The molecule has 8 nitrogen and oxygen atoms in total. The second-order valence-electron chi connectivity index (χ2n) is 7.43. The first kappa shape index (κ1) is 25.3. The molecule has 0 aliphatic rings. The zero-order valence-electron chi connectivity index (χ0n) is 19.7. The lowest BCUT2D eigenvalue weighted by Crippen LogP contribution is -2.20. The monoisotopic (exact) mass is 521 g/mol. The fourth-order valence-electron chi connectivity index (χ4n) is 3.27. The number of nitrogens with zero attached hydrogens (tertiary/aromatic N) is 4. The maximum atomic E-state index is 12.4. The summed E-state index contributed by atoms with van der Waals surface area (Å²) in [5, 5.41) is 14.0. The number of ether oxygens (including phenoxy) is 2. The van der Waals surface area contributed by atoms with Crippen LogP contribution in [0.25, 0.3) is 17.1 Å². The van der Waals surface area contributed by atoms with Gasteiger partial charge in [-0.05, 0) is 85.3 Å². The minimum Gasteiger partial charge on any atom is -0.497 e. The second kappa shape index (κ2) is 12.2. The molecule has 0 aliphatic carbocycles. The highest BCUT2D eigenvalue weighted by atomic mass is 35.5. The Morgan fingerprint density at radius 1 is 1.03 bits per heavy atom. The number of carbonyl (C=O) groups excluding carboxylic acids is 1. The van der Waals surface area contributed by atoms with E-state index in [0.29, 0.717) is 22.6 Å². The Morgan fingerprint density at radius 3 is 2.39 bits per heavy atom. The quantitative estimate of drug-likeness (QED) is 0.174. The second-order valence-corrected chi connectivity index (χ2v) is 8.81. The summed E-state index contributed by atoms with van der Waals surface area (Å²) in [5.41, 5.74) is 5.07. The summed E-state index contributed by atoms with van der Waals surface area (Å²) < 4.78 is 12.6. The van der Waals surface area contributed by atoms with Crippen LogP contribution in [-0.4, -0.2) is 46.4 Å². The zero-order chi connectivity index (χ0) is 25.3. The number of halogens is 1. The number of carbonyl (C=O) groups is 1. The number of benzene rings is 3. The average Bonchev–Trinajstić information content (AvgIpc) is 3.33. The summed E-state index contributed by atoms with van der Waals surface area (Å²) in [6.07, 6.45) is 1.57. The van der Waals surface area contributed by atoms with Crippen LogP contribution >= 0.6 is 23.4 Å². The van der Waals surface area contributed by atoms with E-state index in [-0.39, 0.29) is 11.7 Å². The molecule has 1 amide bonds. The van der Waals surface area contributed by atoms with Crippen LogP contribution in [0.3, 0.4) is 0 Å². The smallest absolute Gasteiger partial charge is 0.250 e. The fraction of sp³-hybridized carbons (Fsp3) is 0.154. The van der Waals surface area contributed by atoms with Gasteiger partial charge in [0.2, 0.25) is 0 Å². The Labute approximate surface area is 218 Å². The van der Waals surface area contributed by atoms with Crippen LogP contribution in [0.4, 0.5) is 0 Å². The molecule has 0 spiro atoms. The molecule has 0 saturated carbocycles. The predicted molar refractivity (Wildman–Crippen MR) is 142 cm³/mol. The van der Waals surface area contributed by atoms with E-state index >= 15 is 0 Å². The van der Waals surface area contributed by atoms with E-state index in [1.54, 1.807) is 25.5 Å². The van der Waals surface area contributed by atoms with Gasteiger partial charge in [0.25, 0.3) is 5.91 Å². The molecule has 0 saturated heterocycles. The molecule has 3 aromatic carbocycles. The van der Waals surface area contributed by atoms with Gasteiger partial charge in [-0.2, -0.15) is 5.10 Å². The lowest BCUT2D eigenvalue weighted by atomic mass is 10.2. The lowest BCUT2D eigenvalue weighted by molar-refractivity contribution is -0.118. The number of hydrogen-bond acceptors (Lipinski definition) is 7. The van der Waals surface area contributed by atoms with Crippen LogP contribution in [0.15, 0.2) is 83.1 Å². The largest absolute Gasteiger partial charge is 0.497 e. The first-order valence-corrected chi connectivity index (χ1v) is 12.5. The van der Waals surface area contributed by atoms with E-state index in [9.17, 15) is 4.79 Å². The molecule has 1 heterocycles. The number of amides is 1. The van der Waals surface area contributed by atoms with Gasteiger partial charge in [-0.3, -0.25) is 9.36 Å². The van der Waals surface area contributed by atoms with Crippen molar-refractivity contribution in [3.8, 4) is 28.6 Å². The molecule has 1 N–H and O–H groups in total. The van der Waals surface area contributed by atoms with Crippen molar-refractivity contribution in [3.63, 3.8) is 0 Å². The number of methoxy groups -OCH3 is 1. The Morgan fingerprint density at radius 2 is 1.72 bits per heavy atom. The van der Waals surface area contributed by atoms with Gasteiger partial charge < -0.3 is 9.47 Å². The summed E-state index contributed by atoms with van der Waals surface area (Å²) in [7, 11) is 1.61. The summed E-state index contributed by atoms with van der Waals surface area (Å²) in [6, 6.07) is 22.3. The highest BCUT2D eigenvalue weighted by molar-refractivity contribution is 7.99.